The van der Waals surface area contributed by atoms with Gasteiger partial charge in [-0.25, -0.2) is 0 Å². The lowest BCUT2D eigenvalue weighted by molar-refractivity contribution is -0.0330. The van der Waals surface area contributed by atoms with Crippen LogP contribution < -0.4 is 5.32 Å². The lowest BCUT2D eigenvalue weighted by atomic mass is 10.0. The second kappa shape index (κ2) is 7.17. The fourth-order valence-corrected chi connectivity index (χ4v) is 1.22. The third-order valence-corrected chi connectivity index (χ3v) is 2.06. The summed E-state index contributed by atoms with van der Waals surface area (Å²) in [6.45, 7) is 5.76. The van der Waals surface area contributed by atoms with Gasteiger partial charge >= 0.3 is 0 Å². The van der Waals surface area contributed by atoms with Crippen molar-refractivity contribution in [1.29, 1.82) is 0 Å². The molecule has 0 atom stereocenters. The van der Waals surface area contributed by atoms with Crippen LogP contribution in [-0.4, -0.2) is 52.7 Å². The van der Waals surface area contributed by atoms with E-state index in [4.69, 9.17) is 14.2 Å². The van der Waals surface area contributed by atoms with Crippen LogP contribution in [0.1, 0.15) is 13.8 Å². The van der Waals surface area contributed by atoms with Gasteiger partial charge in [-0.2, -0.15) is 0 Å². The molecule has 4 nitrogen and oxygen atoms in total. The Morgan fingerprint density at radius 1 is 1.07 bits per heavy atom. The van der Waals surface area contributed by atoms with Crippen LogP contribution in [0.5, 0.6) is 0 Å². The SMILES string of the molecule is CNC(COC)(COC)COC(C)C. The minimum Gasteiger partial charge on any atom is -0.383 e. The predicted octanol–water partition coefficient (Wildman–Crippen LogP) is 0.662. The molecule has 0 saturated carbocycles. The number of nitrogens with one attached hydrogen (secondary N) is 1. The van der Waals surface area contributed by atoms with E-state index in [-0.39, 0.29) is 11.6 Å². The van der Waals surface area contributed by atoms with Crippen molar-refractivity contribution in [2.24, 2.45) is 0 Å². The van der Waals surface area contributed by atoms with Crippen LogP contribution >= 0.6 is 0 Å². The molecule has 14 heavy (non-hydrogen) atoms. The Bertz CT molecular complexity index is 133. The molecule has 0 amide bonds. The minimum absolute atomic E-state index is 0.219. The van der Waals surface area contributed by atoms with Crippen molar-refractivity contribution in [3.63, 3.8) is 0 Å². The zero-order valence-electron chi connectivity index (χ0n) is 9.92. The predicted molar refractivity (Wildman–Crippen MR) is 56.6 cm³/mol. The van der Waals surface area contributed by atoms with Gasteiger partial charge in [0.1, 0.15) is 0 Å². The highest BCUT2D eigenvalue weighted by Gasteiger charge is 2.29. The van der Waals surface area contributed by atoms with Crippen LogP contribution in [0.2, 0.25) is 0 Å². The Kier molecular flexibility index (Phi) is 7.09. The molecule has 86 valence electrons. The quantitative estimate of drug-likeness (QED) is 0.632. The van der Waals surface area contributed by atoms with Gasteiger partial charge in [-0.15, -0.1) is 0 Å². The molecule has 0 aromatic carbocycles. The van der Waals surface area contributed by atoms with Gasteiger partial charge in [0.15, 0.2) is 0 Å². The van der Waals surface area contributed by atoms with E-state index in [1.54, 1.807) is 14.2 Å². The number of hydrogen-bond donors (Lipinski definition) is 1. The second-order valence-electron chi connectivity index (χ2n) is 3.76. The summed E-state index contributed by atoms with van der Waals surface area (Å²) in [5, 5.41) is 3.20. The molecule has 0 aliphatic carbocycles. The first-order chi connectivity index (χ1) is 6.60. The van der Waals surface area contributed by atoms with Crippen molar-refractivity contribution in [3.8, 4) is 0 Å². The van der Waals surface area contributed by atoms with Crippen LogP contribution in [-0.2, 0) is 14.2 Å². The normalized spacial score (nSPS) is 12.4. The number of methoxy groups -OCH3 is 2. The molecule has 0 spiro atoms. The molecular formula is C10H23NO3. The highest BCUT2D eigenvalue weighted by Crippen LogP contribution is 2.08. The van der Waals surface area contributed by atoms with Gasteiger partial charge < -0.3 is 19.5 Å². The third-order valence-electron chi connectivity index (χ3n) is 2.06. The Morgan fingerprint density at radius 2 is 1.57 bits per heavy atom. The van der Waals surface area contributed by atoms with E-state index in [1.807, 2.05) is 20.9 Å². The Labute approximate surface area is 86.9 Å². The molecule has 0 radical (unpaired) electrons. The summed E-state index contributed by atoms with van der Waals surface area (Å²) >= 11 is 0. The van der Waals surface area contributed by atoms with E-state index in [0.29, 0.717) is 19.8 Å². The summed E-state index contributed by atoms with van der Waals surface area (Å²) < 4.78 is 15.9. The number of rotatable bonds is 8. The van der Waals surface area contributed by atoms with Gasteiger partial charge in [0.25, 0.3) is 0 Å². The first-order valence-corrected chi connectivity index (χ1v) is 4.88. The molecule has 0 saturated heterocycles. The van der Waals surface area contributed by atoms with Gasteiger partial charge in [0, 0.05) is 14.2 Å². The van der Waals surface area contributed by atoms with E-state index in [0.717, 1.165) is 0 Å². The van der Waals surface area contributed by atoms with Crippen molar-refractivity contribution in [3.05, 3.63) is 0 Å². The van der Waals surface area contributed by atoms with Gasteiger partial charge in [-0.1, -0.05) is 0 Å². The lowest BCUT2D eigenvalue weighted by Gasteiger charge is -2.32. The molecule has 0 aromatic heterocycles. The molecular weight excluding hydrogens is 182 g/mol. The van der Waals surface area contributed by atoms with Gasteiger partial charge in [0.05, 0.1) is 31.5 Å². The van der Waals surface area contributed by atoms with Gasteiger partial charge in [-0.05, 0) is 20.9 Å². The lowest BCUT2D eigenvalue weighted by Crippen LogP contribution is -2.55. The fraction of sp³-hybridized carbons (Fsp3) is 1.00. The highest BCUT2D eigenvalue weighted by molar-refractivity contribution is 4.86. The molecule has 0 aliphatic heterocycles. The van der Waals surface area contributed by atoms with E-state index < -0.39 is 0 Å². The maximum atomic E-state index is 5.58. The average Bonchev–Trinajstić information content (AvgIpc) is 2.15. The van der Waals surface area contributed by atoms with Crippen LogP contribution in [0, 0.1) is 0 Å². The molecule has 0 fully saturated rings. The summed E-state index contributed by atoms with van der Waals surface area (Å²) in [6, 6.07) is 0. The maximum absolute atomic E-state index is 5.58. The smallest absolute Gasteiger partial charge is 0.0887 e. The Balaban J connectivity index is 4.17. The summed E-state index contributed by atoms with van der Waals surface area (Å²) in [5.41, 5.74) is -0.242. The van der Waals surface area contributed by atoms with Crippen LogP contribution in [0.4, 0.5) is 0 Å². The first kappa shape index (κ1) is 13.8. The molecule has 0 bridgehead atoms. The topological polar surface area (TPSA) is 39.7 Å². The van der Waals surface area contributed by atoms with E-state index >= 15 is 0 Å². The molecule has 0 aliphatic rings. The number of likely N-dealkylation sites (N-methyl/N-ethyl adjacent to an activating group) is 1. The molecule has 0 rings (SSSR count). The zero-order valence-corrected chi connectivity index (χ0v) is 9.92. The summed E-state index contributed by atoms with van der Waals surface area (Å²) in [6.07, 6.45) is 0.219. The monoisotopic (exact) mass is 205 g/mol. The van der Waals surface area contributed by atoms with Crippen LogP contribution in [0.3, 0.4) is 0 Å². The Morgan fingerprint density at radius 3 is 1.86 bits per heavy atom. The zero-order chi connectivity index (χ0) is 11.0. The summed E-state index contributed by atoms with van der Waals surface area (Å²) in [5.74, 6) is 0. The molecule has 4 heteroatoms. The molecule has 0 unspecified atom stereocenters. The standard InChI is InChI=1S/C10H23NO3/c1-9(2)14-8-10(11-3,6-12-4)7-13-5/h9,11H,6-8H2,1-5H3. The third kappa shape index (κ3) is 4.91. The molecule has 1 N–H and O–H groups in total. The van der Waals surface area contributed by atoms with Crippen molar-refractivity contribution < 1.29 is 14.2 Å². The largest absolute Gasteiger partial charge is 0.383 e. The second-order valence-corrected chi connectivity index (χ2v) is 3.76. The van der Waals surface area contributed by atoms with Crippen molar-refractivity contribution in [2.75, 3.05) is 41.1 Å². The van der Waals surface area contributed by atoms with Crippen molar-refractivity contribution in [2.45, 2.75) is 25.5 Å². The average molecular weight is 205 g/mol. The summed E-state index contributed by atoms with van der Waals surface area (Å²) in [4.78, 5) is 0. The first-order valence-electron chi connectivity index (χ1n) is 4.88. The van der Waals surface area contributed by atoms with Crippen molar-refractivity contribution in [1.82, 2.24) is 5.32 Å². The minimum atomic E-state index is -0.242. The summed E-state index contributed by atoms with van der Waals surface area (Å²) in [7, 11) is 5.25. The van der Waals surface area contributed by atoms with Gasteiger partial charge in [-0.3, -0.25) is 0 Å². The fourth-order valence-electron chi connectivity index (χ4n) is 1.22. The van der Waals surface area contributed by atoms with Crippen molar-refractivity contribution >= 4 is 0 Å². The molecule has 0 aromatic rings. The number of hydrogen-bond acceptors (Lipinski definition) is 4. The van der Waals surface area contributed by atoms with Gasteiger partial charge in [0.2, 0.25) is 0 Å². The number of ether oxygens (including phenoxy) is 3. The Hall–Kier alpha value is -0.160. The van der Waals surface area contributed by atoms with E-state index in [2.05, 4.69) is 5.32 Å². The van der Waals surface area contributed by atoms with E-state index in [9.17, 15) is 0 Å². The maximum Gasteiger partial charge on any atom is 0.0887 e. The highest BCUT2D eigenvalue weighted by atomic mass is 16.5. The molecule has 0 heterocycles. The van der Waals surface area contributed by atoms with Crippen LogP contribution in [0.25, 0.3) is 0 Å². The van der Waals surface area contributed by atoms with Crippen LogP contribution in [0.15, 0.2) is 0 Å². The van der Waals surface area contributed by atoms with E-state index in [1.165, 1.54) is 0 Å².